The van der Waals surface area contributed by atoms with Gasteiger partial charge in [0.2, 0.25) is 0 Å². The van der Waals surface area contributed by atoms with E-state index in [4.69, 9.17) is 0 Å². The Labute approximate surface area is 101 Å². The highest BCUT2D eigenvalue weighted by Gasteiger charge is 2.27. The summed E-state index contributed by atoms with van der Waals surface area (Å²) in [5.41, 5.74) is 0.356. The number of hydrogen-bond donors (Lipinski definition) is 1. The molecule has 1 amide bonds. The van der Waals surface area contributed by atoms with E-state index >= 15 is 0 Å². The molecule has 1 aliphatic carbocycles. The zero-order chi connectivity index (χ0) is 12.3. The summed E-state index contributed by atoms with van der Waals surface area (Å²) in [7, 11) is 0. The van der Waals surface area contributed by atoms with Crippen molar-refractivity contribution in [2.24, 2.45) is 5.92 Å². The summed E-state index contributed by atoms with van der Waals surface area (Å²) in [5.74, 6) is 0.544. The van der Waals surface area contributed by atoms with E-state index in [1.807, 2.05) is 4.90 Å². The van der Waals surface area contributed by atoms with Gasteiger partial charge >= 0.3 is 0 Å². The molecule has 1 heterocycles. The Balaban J connectivity index is 2.11. The predicted molar refractivity (Wildman–Crippen MR) is 64.8 cm³/mol. The van der Waals surface area contributed by atoms with Crippen molar-refractivity contribution in [3.8, 4) is 5.75 Å². The molecule has 4 nitrogen and oxygen atoms in total. The van der Waals surface area contributed by atoms with Crippen molar-refractivity contribution in [1.82, 2.24) is 9.88 Å². The van der Waals surface area contributed by atoms with E-state index in [1.165, 1.54) is 25.2 Å². The third-order valence-electron chi connectivity index (χ3n) is 2.99. The molecule has 0 saturated heterocycles. The monoisotopic (exact) mass is 234 g/mol. The quantitative estimate of drug-likeness (QED) is 0.848. The van der Waals surface area contributed by atoms with Gasteiger partial charge in [-0.3, -0.25) is 9.78 Å². The van der Waals surface area contributed by atoms with Crippen molar-refractivity contribution in [2.45, 2.75) is 26.2 Å². The first-order chi connectivity index (χ1) is 8.22. The minimum atomic E-state index is -0.0846. The van der Waals surface area contributed by atoms with Gasteiger partial charge in [-0.1, -0.05) is 6.92 Å². The predicted octanol–water partition coefficient (Wildman–Crippen LogP) is 2.05. The Hall–Kier alpha value is -1.58. The zero-order valence-corrected chi connectivity index (χ0v) is 10.1. The number of carbonyl (C=O) groups excluding carboxylic acids is 1. The van der Waals surface area contributed by atoms with Crippen molar-refractivity contribution in [3.05, 3.63) is 24.0 Å². The van der Waals surface area contributed by atoms with Crippen LogP contribution in [0.2, 0.25) is 0 Å². The molecule has 1 aromatic heterocycles. The maximum absolute atomic E-state index is 12.3. The van der Waals surface area contributed by atoms with Crippen LogP contribution in [0.5, 0.6) is 5.75 Å². The maximum atomic E-state index is 12.3. The third kappa shape index (κ3) is 2.96. The van der Waals surface area contributed by atoms with Gasteiger partial charge in [-0.2, -0.15) is 0 Å². The largest absolute Gasteiger partial charge is 0.505 e. The number of aromatic nitrogens is 1. The summed E-state index contributed by atoms with van der Waals surface area (Å²) < 4.78 is 0. The molecule has 0 unspecified atom stereocenters. The number of rotatable bonds is 5. The van der Waals surface area contributed by atoms with Crippen molar-refractivity contribution in [2.75, 3.05) is 13.1 Å². The molecule has 0 aliphatic heterocycles. The lowest BCUT2D eigenvalue weighted by Crippen LogP contribution is -2.33. The van der Waals surface area contributed by atoms with Crippen LogP contribution in [0.25, 0.3) is 0 Å². The summed E-state index contributed by atoms with van der Waals surface area (Å²) in [6.07, 6.45) is 6.22. The summed E-state index contributed by atoms with van der Waals surface area (Å²) in [5, 5.41) is 9.64. The van der Waals surface area contributed by atoms with E-state index in [9.17, 15) is 9.90 Å². The molecular weight excluding hydrogens is 216 g/mol. The molecule has 1 N–H and O–H groups in total. The standard InChI is InChI=1S/C13H18N2O2/c1-2-7-15(9-10-3-4-10)13(17)11-5-6-14-8-12(11)16/h5-6,8,10,16H,2-4,7,9H2,1H3. The summed E-state index contributed by atoms with van der Waals surface area (Å²) in [6, 6.07) is 1.58. The Morgan fingerprint density at radius 3 is 2.94 bits per heavy atom. The van der Waals surface area contributed by atoms with Gasteiger partial charge in [0.05, 0.1) is 11.8 Å². The minimum absolute atomic E-state index is 0.0330. The van der Waals surface area contributed by atoms with Crippen LogP contribution in [-0.2, 0) is 0 Å². The Morgan fingerprint density at radius 2 is 2.35 bits per heavy atom. The smallest absolute Gasteiger partial charge is 0.257 e. The van der Waals surface area contributed by atoms with Crippen molar-refractivity contribution in [3.63, 3.8) is 0 Å². The number of carbonyl (C=O) groups is 1. The van der Waals surface area contributed by atoms with Crippen LogP contribution < -0.4 is 0 Å². The fourth-order valence-electron chi connectivity index (χ4n) is 1.90. The van der Waals surface area contributed by atoms with Crippen LogP contribution >= 0.6 is 0 Å². The first kappa shape index (κ1) is 11.9. The van der Waals surface area contributed by atoms with Gasteiger partial charge in [0, 0.05) is 19.3 Å². The van der Waals surface area contributed by atoms with Gasteiger partial charge in [-0.15, -0.1) is 0 Å². The molecule has 0 spiro atoms. The lowest BCUT2D eigenvalue weighted by molar-refractivity contribution is 0.0744. The van der Waals surface area contributed by atoms with Gasteiger partial charge in [-0.05, 0) is 31.2 Å². The lowest BCUT2D eigenvalue weighted by atomic mass is 10.2. The summed E-state index contributed by atoms with van der Waals surface area (Å²) in [6.45, 7) is 3.62. The lowest BCUT2D eigenvalue weighted by Gasteiger charge is -2.22. The number of nitrogens with zero attached hydrogens (tertiary/aromatic N) is 2. The molecule has 0 aromatic carbocycles. The van der Waals surface area contributed by atoms with Crippen molar-refractivity contribution < 1.29 is 9.90 Å². The Morgan fingerprint density at radius 1 is 1.59 bits per heavy atom. The minimum Gasteiger partial charge on any atom is -0.505 e. The number of pyridine rings is 1. The van der Waals surface area contributed by atoms with Crippen LogP contribution in [0.4, 0.5) is 0 Å². The molecule has 4 heteroatoms. The van der Waals surface area contributed by atoms with E-state index in [-0.39, 0.29) is 11.7 Å². The summed E-state index contributed by atoms with van der Waals surface area (Å²) >= 11 is 0. The molecule has 0 bridgehead atoms. The second kappa shape index (κ2) is 5.17. The highest BCUT2D eigenvalue weighted by Crippen LogP contribution is 2.30. The molecule has 92 valence electrons. The van der Waals surface area contributed by atoms with Crippen molar-refractivity contribution >= 4 is 5.91 Å². The van der Waals surface area contributed by atoms with Gasteiger partial charge in [0.15, 0.2) is 0 Å². The van der Waals surface area contributed by atoms with Crippen LogP contribution in [-0.4, -0.2) is 34.0 Å². The first-order valence-electron chi connectivity index (χ1n) is 6.14. The average Bonchev–Trinajstić information content (AvgIpc) is 3.12. The third-order valence-corrected chi connectivity index (χ3v) is 2.99. The van der Waals surface area contributed by atoms with Gasteiger partial charge in [0.25, 0.3) is 5.91 Å². The van der Waals surface area contributed by atoms with E-state index in [0.29, 0.717) is 11.5 Å². The highest BCUT2D eigenvalue weighted by atomic mass is 16.3. The second-order valence-electron chi connectivity index (χ2n) is 4.59. The van der Waals surface area contributed by atoms with Crippen molar-refractivity contribution in [1.29, 1.82) is 0 Å². The SMILES string of the molecule is CCCN(CC1CC1)C(=O)c1ccncc1O. The van der Waals surface area contributed by atoms with Crippen LogP contribution in [0, 0.1) is 5.92 Å². The number of amides is 1. The Bertz CT molecular complexity index is 402. The van der Waals surface area contributed by atoms with E-state index in [2.05, 4.69) is 11.9 Å². The number of hydrogen-bond acceptors (Lipinski definition) is 3. The maximum Gasteiger partial charge on any atom is 0.257 e. The first-order valence-corrected chi connectivity index (χ1v) is 6.14. The number of aromatic hydroxyl groups is 1. The van der Waals surface area contributed by atoms with Crippen LogP contribution in [0.3, 0.4) is 0 Å². The van der Waals surface area contributed by atoms with Gasteiger partial charge in [-0.25, -0.2) is 0 Å². The van der Waals surface area contributed by atoms with E-state index < -0.39 is 0 Å². The molecule has 0 radical (unpaired) electrons. The topological polar surface area (TPSA) is 53.4 Å². The van der Waals surface area contributed by atoms with E-state index in [0.717, 1.165) is 19.5 Å². The average molecular weight is 234 g/mol. The van der Waals surface area contributed by atoms with Crippen LogP contribution in [0.1, 0.15) is 36.5 Å². The fourth-order valence-corrected chi connectivity index (χ4v) is 1.90. The normalized spacial score (nSPS) is 14.6. The van der Waals surface area contributed by atoms with Crippen LogP contribution in [0.15, 0.2) is 18.5 Å². The molecular formula is C13H18N2O2. The van der Waals surface area contributed by atoms with Gasteiger partial charge < -0.3 is 10.0 Å². The highest BCUT2D eigenvalue weighted by molar-refractivity contribution is 5.96. The molecule has 0 atom stereocenters. The fraction of sp³-hybridized carbons (Fsp3) is 0.538. The van der Waals surface area contributed by atoms with E-state index in [1.54, 1.807) is 6.07 Å². The molecule has 1 aliphatic rings. The Kier molecular flexibility index (Phi) is 3.61. The summed E-state index contributed by atoms with van der Waals surface area (Å²) in [4.78, 5) is 17.9. The molecule has 2 rings (SSSR count). The molecule has 1 saturated carbocycles. The van der Waals surface area contributed by atoms with Gasteiger partial charge in [0.1, 0.15) is 5.75 Å². The molecule has 1 aromatic rings. The molecule has 17 heavy (non-hydrogen) atoms. The zero-order valence-electron chi connectivity index (χ0n) is 10.1. The second-order valence-corrected chi connectivity index (χ2v) is 4.59. The molecule has 1 fully saturated rings.